The molecular weight excluding hydrogens is 156 g/mol. The van der Waals surface area contributed by atoms with E-state index in [1.807, 2.05) is 0 Å². The third kappa shape index (κ3) is 1.82. The molecule has 1 heterocycles. The van der Waals surface area contributed by atoms with Gasteiger partial charge < -0.3 is 5.11 Å². The van der Waals surface area contributed by atoms with Gasteiger partial charge in [0.2, 0.25) is 0 Å². The van der Waals surface area contributed by atoms with Gasteiger partial charge in [0, 0.05) is 6.20 Å². The van der Waals surface area contributed by atoms with Crippen molar-refractivity contribution in [2.24, 2.45) is 0 Å². The van der Waals surface area contributed by atoms with Crippen LogP contribution in [-0.4, -0.2) is 17.9 Å². The average Bonchev–Trinajstić information content (AvgIpc) is 1.83. The summed E-state index contributed by atoms with van der Waals surface area (Å²) in [6, 6.07) is 1.14. The van der Waals surface area contributed by atoms with Crippen LogP contribution in [0.15, 0.2) is 12.3 Å². The van der Waals surface area contributed by atoms with Crippen molar-refractivity contribution in [3.63, 3.8) is 0 Å². The summed E-state index contributed by atoms with van der Waals surface area (Å²) < 4.78 is 13.0. The zero-order valence-corrected chi connectivity index (χ0v) is 7.00. The van der Waals surface area contributed by atoms with Gasteiger partial charge in [-0.15, -0.1) is 0 Å². The topological polar surface area (TPSA) is 33.1 Å². The Hall–Kier alpha value is -0.895. The summed E-state index contributed by atoms with van der Waals surface area (Å²) in [7, 11) is 5.29. The third-order valence-corrected chi connectivity index (χ3v) is 1.44. The maximum absolute atomic E-state index is 13.0. The van der Waals surface area contributed by atoms with E-state index in [1.54, 1.807) is 0 Å². The number of halogens is 1. The Labute approximate surface area is 71.9 Å². The number of aromatic nitrogens is 1. The third-order valence-electron chi connectivity index (χ3n) is 1.44. The van der Waals surface area contributed by atoms with Gasteiger partial charge in [0.25, 0.3) is 0 Å². The van der Waals surface area contributed by atoms with Crippen molar-refractivity contribution >= 4 is 13.3 Å². The standard InChI is InChI=1S/C8H9BFNO/c1-8(2,12)7-6(10)3-5(9)4-11-7/h3-4,12H,1-2H3. The van der Waals surface area contributed by atoms with Crippen LogP contribution in [0.3, 0.4) is 0 Å². The van der Waals surface area contributed by atoms with Gasteiger partial charge in [-0.1, -0.05) is 5.46 Å². The van der Waals surface area contributed by atoms with Gasteiger partial charge >= 0.3 is 0 Å². The minimum Gasteiger partial charge on any atom is -0.384 e. The molecule has 1 N–H and O–H groups in total. The van der Waals surface area contributed by atoms with Crippen LogP contribution in [0, 0.1) is 5.82 Å². The molecule has 4 heteroatoms. The van der Waals surface area contributed by atoms with E-state index in [0.29, 0.717) is 0 Å². The number of rotatable bonds is 1. The number of pyridine rings is 1. The van der Waals surface area contributed by atoms with Gasteiger partial charge in [-0.2, -0.15) is 0 Å². The molecule has 2 nitrogen and oxygen atoms in total. The summed E-state index contributed by atoms with van der Waals surface area (Å²) >= 11 is 0. The van der Waals surface area contributed by atoms with Gasteiger partial charge in [0.1, 0.15) is 25.0 Å². The van der Waals surface area contributed by atoms with Crippen LogP contribution < -0.4 is 5.46 Å². The second-order valence-corrected chi connectivity index (χ2v) is 3.16. The first kappa shape index (κ1) is 9.19. The Morgan fingerprint density at radius 2 is 2.17 bits per heavy atom. The normalized spacial score (nSPS) is 11.7. The van der Waals surface area contributed by atoms with Gasteiger partial charge in [-0.05, 0) is 19.9 Å². The van der Waals surface area contributed by atoms with Crippen LogP contribution in [-0.2, 0) is 5.60 Å². The summed E-state index contributed by atoms with van der Waals surface area (Å²) in [4.78, 5) is 3.70. The minimum atomic E-state index is -1.27. The number of hydrogen-bond acceptors (Lipinski definition) is 2. The average molecular weight is 165 g/mol. The van der Waals surface area contributed by atoms with E-state index in [4.69, 9.17) is 7.85 Å². The summed E-state index contributed by atoms with van der Waals surface area (Å²) in [5.41, 5.74) is -1.00. The van der Waals surface area contributed by atoms with E-state index >= 15 is 0 Å². The predicted octanol–water partition coefficient (Wildman–Crippen LogP) is 0.242. The molecule has 0 aliphatic rings. The second kappa shape index (κ2) is 2.86. The Kier molecular flexibility index (Phi) is 2.19. The maximum Gasteiger partial charge on any atom is 0.147 e. The highest BCUT2D eigenvalue weighted by Crippen LogP contribution is 2.18. The van der Waals surface area contributed by atoms with Gasteiger partial charge in [-0.3, -0.25) is 4.98 Å². The van der Waals surface area contributed by atoms with Crippen LogP contribution in [0.1, 0.15) is 19.5 Å². The fourth-order valence-electron chi connectivity index (χ4n) is 0.903. The molecule has 2 radical (unpaired) electrons. The summed E-state index contributed by atoms with van der Waals surface area (Å²) in [5.74, 6) is -0.581. The van der Waals surface area contributed by atoms with E-state index in [-0.39, 0.29) is 11.2 Å². The monoisotopic (exact) mass is 165 g/mol. The zero-order valence-electron chi connectivity index (χ0n) is 7.00. The zero-order chi connectivity index (χ0) is 9.35. The van der Waals surface area contributed by atoms with Crippen molar-refractivity contribution in [3.05, 3.63) is 23.8 Å². The van der Waals surface area contributed by atoms with E-state index in [2.05, 4.69) is 4.98 Å². The quantitative estimate of drug-likeness (QED) is 0.604. The molecule has 0 unspecified atom stereocenters. The Morgan fingerprint density at radius 1 is 1.58 bits per heavy atom. The maximum atomic E-state index is 13.0. The van der Waals surface area contributed by atoms with Crippen molar-refractivity contribution in [2.75, 3.05) is 0 Å². The lowest BCUT2D eigenvalue weighted by atomic mass is 9.96. The van der Waals surface area contributed by atoms with Crippen molar-refractivity contribution < 1.29 is 9.50 Å². The van der Waals surface area contributed by atoms with Gasteiger partial charge in [0.15, 0.2) is 0 Å². The lowest BCUT2D eigenvalue weighted by Gasteiger charge is -2.16. The van der Waals surface area contributed by atoms with E-state index in [0.717, 1.165) is 6.07 Å². The first-order chi connectivity index (χ1) is 5.41. The van der Waals surface area contributed by atoms with Crippen molar-refractivity contribution in [2.45, 2.75) is 19.4 Å². The minimum absolute atomic E-state index is 0.0108. The molecular formula is C8H9BFNO. The van der Waals surface area contributed by atoms with Crippen molar-refractivity contribution in [3.8, 4) is 0 Å². The fraction of sp³-hybridized carbons (Fsp3) is 0.375. The lowest BCUT2D eigenvalue weighted by molar-refractivity contribution is 0.0695. The highest BCUT2D eigenvalue weighted by atomic mass is 19.1. The largest absolute Gasteiger partial charge is 0.384 e. The second-order valence-electron chi connectivity index (χ2n) is 3.16. The van der Waals surface area contributed by atoms with Crippen LogP contribution in [0.4, 0.5) is 4.39 Å². The highest BCUT2D eigenvalue weighted by molar-refractivity contribution is 6.32. The molecule has 0 fully saturated rings. The summed E-state index contributed by atoms with van der Waals surface area (Å²) in [6.45, 7) is 2.93. The molecule has 0 amide bonds. The van der Waals surface area contributed by atoms with Gasteiger partial charge in [0.05, 0.1) is 0 Å². The molecule has 0 spiro atoms. The molecule has 0 bridgehead atoms. The SMILES string of the molecule is [B]c1cnc(C(C)(C)O)c(F)c1. The molecule has 0 saturated carbocycles. The predicted molar refractivity (Wildman–Crippen MR) is 44.8 cm³/mol. The van der Waals surface area contributed by atoms with Crippen LogP contribution in [0.5, 0.6) is 0 Å². The molecule has 0 saturated heterocycles. The molecule has 0 atom stereocenters. The van der Waals surface area contributed by atoms with Crippen LogP contribution in [0.25, 0.3) is 0 Å². The molecule has 0 aliphatic heterocycles. The summed E-state index contributed by atoms with van der Waals surface area (Å²) in [6.07, 6.45) is 1.32. The summed E-state index contributed by atoms with van der Waals surface area (Å²) in [5, 5.41) is 9.42. The van der Waals surface area contributed by atoms with Crippen molar-refractivity contribution in [1.82, 2.24) is 4.98 Å². The van der Waals surface area contributed by atoms with E-state index in [9.17, 15) is 9.50 Å². The van der Waals surface area contributed by atoms with Gasteiger partial charge in [-0.25, -0.2) is 4.39 Å². The van der Waals surface area contributed by atoms with E-state index in [1.165, 1.54) is 20.0 Å². The van der Waals surface area contributed by atoms with E-state index < -0.39 is 11.4 Å². The van der Waals surface area contributed by atoms with Crippen LogP contribution >= 0.6 is 0 Å². The smallest absolute Gasteiger partial charge is 0.147 e. The molecule has 1 rings (SSSR count). The Balaban J connectivity index is 3.19. The molecule has 12 heavy (non-hydrogen) atoms. The molecule has 0 aromatic carbocycles. The van der Waals surface area contributed by atoms with Crippen LogP contribution in [0.2, 0.25) is 0 Å². The first-order valence-corrected chi connectivity index (χ1v) is 3.55. The number of nitrogens with zero attached hydrogens (tertiary/aromatic N) is 1. The molecule has 1 aromatic rings. The first-order valence-electron chi connectivity index (χ1n) is 3.55. The number of aliphatic hydroxyl groups is 1. The Bertz CT molecular complexity index is 296. The number of hydrogen-bond donors (Lipinski definition) is 1. The Morgan fingerprint density at radius 3 is 2.58 bits per heavy atom. The molecule has 0 aliphatic carbocycles. The highest BCUT2D eigenvalue weighted by Gasteiger charge is 2.21. The fourth-order valence-corrected chi connectivity index (χ4v) is 0.903. The molecule has 1 aromatic heterocycles. The lowest BCUT2D eigenvalue weighted by Crippen LogP contribution is -2.21. The van der Waals surface area contributed by atoms with Crippen molar-refractivity contribution in [1.29, 1.82) is 0 Å². The molecule has 62 valence electrons.